The van der Waals surface area contributed by atoms with Crippen LogP contribution < -0.4 is 15.0 Å². The van der Waals surface area contributed by atoms with E-state index in [1.165, 1.54) is 0 Å². The van der Waals surface area contributed by atoms with Gasteiger partial charge < -0.3 is 20.1 Å². The normalized spacial score (nSPS) is 16.2. The first kappa shape index (κ1) is 28.4. The van der Waals surface area contributed by atoms with Gasteiger partial charge in [0.05, 0.1) is 12.7 Å². The Hall–Kier alpha value is -4.15. The predicted molar refractivity (Wildman–Crippen MR) is 146 cm³/mol. The van der Waals surface area contributed by atoms with Crippen molar-refractivity contribution in [2.24, 2.45) is 0 Å². The van der Waals surface area contributed by atoms with Crippen molar-refractivity contribution in [1.82, 2.24) is 15.3 Å². The zero-order chi connectivity index (χ0) is 29.2. The summed E-state index contributed by atoms with van der Waals surface area (Å²) in [4.78, 5) is 34.5. The van der Waals surface area contributed by atoms with Crippen LogP contribution in [0.1, 0.15) is 64.8 Å². The Morgan fingerprint density at radius 1 is 1.07 bits per heavy atom. The second-order valence-corrected chi connectivity index (χ2v) is 10.5. The topological polar surface area (TPSA) is 105 Å². The molecule has 3 aromatic rings. The molecule has 2 heterocycles. The van der Waals surface area contributed by atoms with Crippen molar-refractivity contribution in [2.75, 3.05) is 18.6 Å². The van der Waals surface area contributed by atoms with Crippen LogP contribution in [0.25, 0.3) is 0 Å². The molecule has 1 aliphatic carbocycles. The van der Waals surface area contributed by atoms with Gasteiger partial charge >= 0.3 is 12.1 Å². The lowest BCUT2D eigenvalue weighted by molar-refractivity contribution is -0.145. The van der Waals surface area contributed by atoms with Crippen molar-refractivity contribution >= 4 is 23.5 Å². The van der Waals surface area contributed by atoms with Gasteiger partial charge in [0.15, 0.2) is 5.69 Å². The minimum Gasteiger partial charge on any atom is -0.497 e. The Morgan fingerprint density at radius 2 is 1.80 bits per heavy atom. The second-order valence-electron chi connectivity index (χ2n) is 10.5. The molecule has 1 aromatic heterocycles. The Bertz CT molecular complexity index is 1450. The van der Waals surface area contributed by atoms with E-state index in [1.807, 2.05) is 36.4 Å². The number of carboxylic acid groups (broad SMARTS) is 1. The van der Waals surface area contributed by atoms with E-state index in [2.05, 4.69) is 21.4 Å². The molecule has 0 unspecified atom stereocenters. The lowest BCUT2D eigenvalue weighted by atomic mass is 9.81. The summed E-state index contributed by atoms with van der Waals surface area (Å²) in [6, 6.07) is 13.7. The van der Waals surface area contributed by atoms with E-state index < -0.39 is 34.8 Å². The van der Waals surface area contributed by atoms with Gasteiger partial charge in [0.2, 0.25) is 5.95 Å². The fraction of sp³-hybridized carbons (Fsp3) is 0.400. The number of alkyl halides is 3. The van der Waals surface area contributed by atoms with Crippen molar-refractivity contribution in [1.29, 1.82) is 0 Å². The number of aliphatic carboxylic acids is 1. The van der Waals surface area contributed by atoms with Gasteiger partial charge in [-0.2, -0.15) is 13.2 Å². The van der Waals surface area contributed by atoms with Gasteiger partial charge in [-0.15, -0.1) is 0 Å². The Labute approximate surface area is 235 Å². The molecule has 0 bridgehead atoms. The molecule has 2 aliphatic rings. The lowest BCUT2D eigenvalue weighted by Crippen LogP contribution is -2.55. The molecule has 216 valence electrons. The summed E-state index contributed by atoms with van der Waals surface area (Å²) in [6.07, 6.45) is 0.339. The van der Waals surface area contributed by atoms with Crippen LogP contribution in [0.2, 0.25) is 0 Å². The average molecular weight is 569 g/mol. The predicted octanol–water partition coefficient (Wildman–Crippen LogP) is 5.50. The number of anilines is 2. The largest absolute Gasteiger partial charge is 0.497 e. The Balaban J connectivity index is 1.36. The van der Waals surface area contributed by atoms with Crippen molar-refractivity contribution < 1.29 is 32.6 Å². The summed E-state index contributed by atoms with van der Waals surface area (Å²) in [5.74, 6) is -1.77. The highest BCUT2D eigenvalue weighted by Crippen LogP contribution is 2.37. The minimum absolute atomic E-state index is 0.153. The van der Waals surface area contributed by atoms with E-state index in [1.54, 1.807) is 12.0 Å². The summed E-state index contributed by atoms with van der Waals surface area (Å²) in [5.41, 5.74) is 0.156. The molecule has 0 spiro atoms. The van der Waals surface area contributed by atoms with Crippen molar-refractivity contribution in [3.05, 3.63) is 76.6 Å². The highest BCUT2D eigenvalue weighted by Gasteiger charge is 2.44. The van der Waals surface area contributed by atoms with Crippen molar-refractivity contribution in [3.63, 3.8) is 0 Å². The third-order valence-electron chi connectivity index (χ3n) is 7.88. The number of nitrogens with zero attached hydrogens (tertiary/aromatic N) is 3. The molecule has 0 radical (unpaired) electrons. The number of carbonyl (C=O) groups is 2. The number of fused-ring (bicyclic) bond motifs is 1. The highest BCUT2D eigenvalue weighted by molar-refractivity contribution is 5.98. The Kier molecular flexibility index (Phi) is 7.88. The SMILES string of the molecule is COc1cccc(CCc2ccc3c(c2)CCN3c2ncc(C(=O)NC3(C(=O)O)CCCCC3)c(C(F)(F)F)n2)c1. The van der Waals surface area contributed by atoms with Crippen LogP contribution in [-0.4, -0.2) is 46.1 Å². The molecule has 2 aromatic carbocycles. The number of nitrogens with one attached hydrogen (secondary N) is 1. The number of aryl methyl sites for hydroxylation is 2. The summed E-state index contributed by atoms with van der Waals surface area (Å²) in [6.45, 7) is 0.389. The fourth-order valence-corrected chi connectivity index (χ4v) is 5.65. The molecule has 1 aliphatic heterocycles. The molecule has 41 heavy (non-hydrogen) atoms. The first-order valence-corrected chi connectivity index (χ1v) is 13.6. The molecule has 5 rings (SSSR count). The maximum absolute atomic E-state index is 14.1. The maximum atomic E-state index is 14.1. The molecule has 1 fully saturated rings. The molecule has 0 atom stereocenters. The number of benzene rings is 2. The fourth-order valence-electron chi connectivity index (χ4n) is 5.65. The number of halogens is 3. The van der Waals surface area contributed by atoms with Gasteiger partial charge in [-0.05, 0) is 67.0 Å². The minimum atomic E-state index is -4.94. The maximum Gasteiger partial charge on any atom is 0.434 e. The first-order valence-electron chi connectivity index (χ1n) is 13.6. The number of hydrogen-bond acceptors (Lipinski definition) is 6. The van der Waals surface area contributed by atoms with E-state index in [0.717, 1.165) is 47.9 Å². The van der Waals surface area contributed by atoms with E-state index in [4.69, 9.17) is 4.74 Å². The van der Waals surface area contributed by atoms with Crippen molar-refractivity contribution in [2.45, 2.75) is 63.1 Å². The van der Waals surface area contributed by atoms with E-state index in [-0.39, 0.29) is 18.8 Å². The summed E-state index contributed by atoms with van der Waals surface area (Å²) >= 11 is 0. The van der Waals surface area contributed by atoms with Crippen LogP contribution in [0, 0.1) is 0 Å². The lowest BCUT2D eigenvalue weighted by Gasteiger charge is -2.34. The Morgan fingerprint density at radius 3 is 2.49 bits per heavy atom. The third kappa shape index (κ3) is 5.98. The van der Waals surface area contributed by atoms with Crippen LogP contribution in [0.5, 0.6) is 5.75 Å². The standard InChI is InChI=1S/C30H31F3N4O4/c1-41-22-7-5-6-19(17-22)8-9-20-10-11-24-21(16-20)12-15-37(24)28-34-18-23(25(35-28)30(31,32)33)26(38)36-29(27(39)40)13-3-2-4-14-29/h5-7,10-11,16-18H,2-4,8-9,12-15H2,1H3,(H,36,38)(H,39,40). The number of aromatic nitrogens is 2. The monoisotopic (exact) mass is 568 g/mol. The summed E-state index contributed by atoms with van der Waals surface area (Å²) < 4.78 is 47.6. The second kappa shape index (κ2) is 11.4. The van der Waals surface area contributed by atoms with Gasteiger partial charge in [0, 0.05) is 18.4 Å². The van der Waals surface area contributed by atoms with Crippen LogP contribution >= 0.6 is 0 Å². The summed E-state index contributed by atoms with van der Waals surface area (Å²) in [7, 11) is 1.63. The molecule has 1 amide bonds. The van der Waals surface area contributed by atoms with Gasteiger partial charge in [-0.1, -0.05) is 43.5 Å². The highest BCUT2D eigenvalue weighted by atomic mass is 19.4. The van der Waals surface area contributed by atoms with E-state index >= 15 is 0 Å². The molecule has 0 saturated heterocycles. The van der Waals surface area contributed by atoms with Crippen LogP contribution in [0.4, 0.5) is 24.8 Å². The number of ether oxygens (including phenoxy) is 1. The van der Waals surface area contributed by atoms with Crippen LogP contribution in [0.3, 0.4) is 0 Å². The average Bonchev–Trinajstić information content (AvgIpc) is 3.39. The molecule has 8 nitrogen and oxygen atoms in total. The van der Waals surface area contributed by atoms with Crippen molar-refractivity contribution in [3.8, 4) is 5.75 Å². The summed E-state index contributed by atoms with van der Waals surface area (Å²) in [5, 5.41) is 12.1. The number of carbonyl (C=O) groups excluding carboxylic acids is 1. The van der Waals surface area contributed by atoms with E-state index in [0.29, 0.717) is 31.5 Å². The quantitative estimate of drug-likeness (QED) is 0.370. The number of methoxy groups -OCH3 is 1. The van der Waals surface area contributed by atoms with E-state index in [9.17, 15) is 27.9 Å². The molecular weight excluding hydrogens is 537 g/mol. The van der Waals surface area contributed by atoms with Gasteiger partial charge in [-0.3, -0.25) is 4.79 Å². The zero-order valence-electron chi connectivity index (χ0n) is 22.6. The van der Waals surface area contributed by atoms with Gasteiger partial charge in [0.25, 0.3) is 5.91 Å². The number of amides is 1. The van der Waals surface area contributed by atoms with Gasteiger partial charge in [0.1, 0.15) is 11.3 Å². The molecule has 1 saturated carbocycles. The molecular formula is C30H31F3N4O4. The molecule has 2 N–H and O–H groups in total. The smallest absolute Gasteiger partial charge is 0.434 e. The zero-order valence-corrected chi connectivity index (χ0v) is 22.6. The van der Waals surface area contributed by atoms with Crippen LogP contribution in [-0.2, 0) is 30.2 Å². The van der Waals surface area contributed by atoms with Crippen LogP contribution in [0.15, 0.2) is 48.7 Å². The van der Waals surface area contributed by atoms with Gasteiger partial charge in [-0.25, -0.2) is 14.8 Å². The molecule has 11 heteroatoms. The first-order chi connectivity index (χ1) is 19.6. The number of hydrogen-bond donors (Lipinski definition) is 2. The number of rotatable bonds is 8. The number of carboxylic acids is 1. The third-order valence-corrected chi connectivity index (χ3v) is 7.88.